The zero-order valence-corrected chi connectivity index (χ0v) is 17.0. The van der Waals surface area contributed by atoms with Crippen LogP contribution in [-0.2, 0) is 9.53 Å². The molecule has 5 rings (SSSR count). The van der Waals surface area contributed by atoms with Crippen LogP contribution in [0.3, 0.4) is 0 Å². The lowest BCUT2D eigenvalue weighted by atomic mass is 9.77. The number of rotatable bonds is 5. The molecule has 2 aromatic rings. The molecule has 5 nitrogen and oxygen atoms in total. The van der Waals surface area contributed by atoms with Crippen molar-refractivity contribution in [1.82, 2.24) is 9.80 Å². The van der Waals surface area contributed by atoms with E-state index in [4.69, 9.17) is 9.47 Å². The van der Waals surface area contributed by atoms with Gasteiger partial charge in [0.1, 0.15) is 5.75 Å². The molecule has 29 heavy (non-hydrogen) atoms. The van der Waals surface area contributed by atoms with E-state index in [1.807, 2.05) is 35.2 Å². The second-order valence-corrected chi connectivity index (χ2v) is 8.77. The number of piperidine rings is 1. The van der Waals surface area contributed by atoms with Gasteiger partial charge in [-0.05, 0) is 55.0 Å². The summed E-state index contributed by atoms with van der Waals surface area (Å²) in [4.78, 5) is 17.5. The van der Waals surface area contributed by atoms with Crippen LogP contribution in [-0.4, -0.2) is 66.7 Å². The molecule has 3 aliphatic rings. The molecule has 1 amide bonds. The van der Waals surface area contributed by atoms with Gasteiger partial charge in [0.15, 0.2) is 6.61 Å². The molecule has 3 heterocycles. The van der Waals surface area contributed by atoms with Gasteiger partial charge < -0.3 is 14.4 Å². The number of likely N-dealkylation sites (tertiary alicyclic amines) is 2. The molecule has 3 fully saturated rings. The van der Waals surface area contributed by atoms with E-state index in [-0.39, 0.29) is 18.1 Å². The number of nitrogens with zero attached hydrogens (tertiary/aromatic N) is 2. The van der Waals surface area contributed by atoms with E-state index in [9.17, 15) is 4.79 Å². The van der Waals surface area contributed by atoms with Gasteiger partial charge in [0.2, 0.25) is 0 Å². The van der Waals surface area contributed by atoms with E-state index >= 15 is 0 Å². The minimum absolute atomic E-state index is 0.0983. The second kappa shape index (κ2) is 7.96. The van der Waals surface area contributed by atoms with Gasteiger partial charge in [0.25, 0.3) is 5.91 Å². The highest BCUT2D eigenvalue weighted by molar-refractivity contribution is 5.84. The van der Waals surface area contributed by atoms with E-state index in [2.05, 4.69) is 17.0 Å². The quantitative estimate of drug-likeness (QED) is 0.779. The number of hydrogen-bond donors (Lipinski definition) is 0. The SMILES string of the molecule is O=C(COc1ccc2ccccc2c1)N1CCCC2(CCN2CC2CCCO2)C1. The molecule has 1 spiro atoms. The number of ether oxygens (including phenoxy) is 2. The van der Waals surface area contributed by atoms with Gasteiger partial charge in [-0.1, -0.05) is 30.3 Å². The summed E-state index contributed by atoms with van der Waals surface area (Å²) in [6, 6.07) is 14.2. The maximum Gasteiger partial charge on any atom is 0.260 e. The number of carbonyl (C=O) groups is 1. The maximum absolute atomic E-state index is 12.9. The van der Waals surface area contributed by atoms with E-state index in [1.165, 1.54) is 31.1 Å². The van der Waals surface area contributed by atoms with Gasteiger partial charge in [0.05, 0.1) is 6.10 Å². The van der Waals surface area contributed by atoms with Crippen molar-refractivity contribution in [2.75, 3.05) is 39.4 Å². The Hall–Kier alpha value is -2.11. The van der Waals surface area contributed by atoms with Crippen molar-refractivity contribution < 1.29 is 14.3 Å². The standard InChI is InChI=1S/C24H30N2O3/c27-23(17-29-21-9-8-19-5-1-2-6-20(19)15-21)25-12-4-10-24(18-25)11-13-26(24)16-22-7-3-14-28-22/h1-2,5-6,8-9,15,22H,3-4,7,10-14,16-18H2. The van der Waals surface area contributed by atoms with Crippen LogP contribution >= 0.6 is 0 Å². The molecule has 0 bridgehead atoms. The van der Waals surface area contributed by atoms with Crippen molar-refractivity contribution in [3.8, 4) is 5.75 Å². The molecular formula is C24H30N2O3. The van der Waals surface area contributed by atoms with E-state index in [1.54, 1.807) is 0 Å². The van der Waals surface area contributed by atoms with Gasteiger partial charge in [-0.3, -0.25) is 9.69 Å². The normalized spacial score (nSPS) is 27.3. The van der Waals surface area contributed by atoms with Crippen LogP contribution in [0.5, 0.6) is 5.75 Å². The topological polar surface area (TPSA) is 42.0 Å². The monoisotopic (exact) mass is 394 g/mol. The Morgan fingerprint density at radius 2 is 2.00 bits per heavy atom. The van der Waals surface area contributed by atoms with E-state index in [0.717, 1.165) is 50.3 Å². The Bertz CT molecular complexity index is 879. The Morgan fingerprint density at radius 1 is 1.10 bits per heavy atom. The molecule has 154 valence electrons. The second-order valence-electron chi connectivity index (χ2n) is 8.77. The Kier molecular flexibility index (Phi) is 5.18. The van der Waals surface area contributed by atoms with Crippen molar-refractivity contribution in [3.05, 3.63) is 42.5 Å². The lowest BCUT2D eigenvalue weighted by Gasteiger charge is -2.57. The van der Waals surface area contributed by atoms with Crippen LogP contribution in [0.15, 0.2) is 42.5 Å². The minimum Gasteiger partial charge on any atom is -0.484 e. The third-order valence-electron chi connectivity index (χ3n) is 6.96. The fourth-order valence-electron chi connectivity index (χ4n) is 5.19. The fourth-order valence-corrected chi connectivity index (χ4v) is 5.19. The number of benzene rings is 2. The van der Waals surface area contributed by atoms with E-state index < -0.39 is 0 Å². The molecular weight excluding hydrogens is 364 g/mol. The predicted molar refractivity (Wildman–Crippen MR) is 113 cm³/mol. The molecule has 0 radical (unpaired) electrons. The first-order valence-corrected chi connectivity index (χ1v) is 11.0. The summed E-state index contributed by atoms with van der Waals surface area (Å²) in [7, 11) is 0. The highest BCUT2D eigenvalue weighted by atomic mass is 16.5. The number of fused-ring (bicyclic) bond motifs is 1. The van der Waals surface area contributed by atoms with E-state index in [0.29, 0.717) is 6.10 Å². The summed E-state index contributed by atoms with van der Waals surface area (Å²) in [5.74, 6) is 0.855. The summed E-state index contributed by atoms with van der Waals surface area (Å²) >= 11 is 0. The summed E-state index contributed by atoms with van der Waals surface area (Å²) < 4.78 is 11.7. The molecule has 3 aliphatic heterocycles. The van der Waals surface area contributed by atoms with Crippen molar-refractivity contribution >= 4 is 16.7 Å². The smallest absolute Gasteiger partial charge is 0.260 e. The average molecular weight is 395 g/mol. The molecule has 2 unspecified atom stereocenters. The molecule has 5 heteroatoms. The van der Waals surface area contributed by atoms with Crippen molar-refractivity contribution in [2.45, 2.75) is 43.7 Å². The van der Waals surface area contributed by atoms with Crippen LogP contribution in [0.25, 0.3) is 10.8 Å². The van der Waals surface area contributed by atoms with Crippen molar-refractivity contribution in [3.63, 3.8) is 0 Å². The third kappa shape index (κ3) is 3.86. The molecule has 0 aromatic heterocycles. The van der Waals surface area contributed by atoms with Crippen molar-refractivity contribution in [2.24, 2.45) is 0 Å². The van der Waals surface area contributed by atoms with Gasteiger partial charge in [-0.15, -0.1) is 0 Å². The highest BCUT2D eigenvalue weighted by Crippen LogP contribution is 2.39. The maximum atomic E-state index is 12.9. The van der Waals surface area contributed by atoms with Gasteiger partial charge in [-0.2, -0.15) is 0 Å². The summed E-state index contributed by atoms with van der Waals surface area (Å²) in [6.07, 6.45) is 6.19. The molecule has 0 N–H and O–H groups in total. The van der Waals surface area contributed by atoms with Crippen molar-refractivity contribution in [1.29, 1.82) is 0 Å². The van der Waals surface area contributed by atoms with Crippen LogP contribution in [0.1, 0.15) is 32.1 Å². The fraction of sp³-hybridized carbons (Fsp3) is 0.542. The Labute approximate surface area is 172 Å². The van der Waals surface area contributed by atoms with Gasteiger partial charge in [-0.25, -0.2) is 0 Å². The first kappa shape index (κ1) is 18.9. The van der Waals surface area contributed by atoms with Crippen LogP contribution in [0.2, 0.25) is 0 Å². The average Bonchev–Trinajstić information content (AvgIpc) is 3.28. The summed E-state index contributed by atoms with van der Waals surface area (Å²) in [5.41, 5.74) is 0.169. The first-order valence-electron chi connectivity index (χ1n) is 11.0. The number of amides is 1. The lowest BCUT2D eigenvalue weighted by Crippen LogP contribution is -2.68. The van der Waals surface area contributed by atoms with Crippen LogP contribution in [0, 0.1) is 0 Å². The van der Waals surface area contributed by atoms with Gasteiger partial charge in [0, 0.05) is 38.3 Å². The minimum atomic E-state index is 0.0983. The lowest BCUT2D eigenvalue weighted by molar-refractivity contribution is -0.143. The van der Waals surface area contributed by atoms with Crippen LogP contribution < -0.4 is 4.74 Å². The number of hydrogen-bond acceptors (Lipinski definition) is 4. The molecule has 0 aliphatic carbocycles. The predicted octanol–water partition coefficient (Wildman–Crippen LogP) is 3.46. The highest BCUT2D eigenvalue weighted by Gasteiger charge is 2.48. The largest absolute Gasteiger partial charge is 0.484 e. The third-order valence-corrected chi connectivity index (χ3v) is 6.96. The summed E-state index contributed by atoms with van der Waals surface area (Å²) in [5, 5.41) is 2.31. The molecule has 3 saturated heterocycles. The molecule has 0 saturated carbocycles. The first-order chi connectivity index (χ1) is 14.2. The Morgan fingerprint density at radius 3 is 2.79 bits per heavy atom. The number of carbonyl (C=O) groups excluding carboxylic acids is 1. The van der Waals surface area contributed by atoms with Crippen LogP contribution in [0.4, 0.5) is 0 Å². The Balaban J connectivity index is 1.18. The van der Waals surface area contributed by atoms with Gasteiger partial charge >= 0.3 is 0 Å². The summed E-state index contributed by atoms with van der Waals surface area (Å²) in [6.45, 7) is 4.85. The molecule has 2 atom stereocenters. The zero-order chi connectivity index (χ0) is 19.7. The zero-order valence-electron chi connectivity index (χ0n) is 17.0. The molecule has 2 aromatic carbocycles.